The number of aryl methyl sites for hydroxylation is 1. The highest BCUT2D eigenvalue weighted by molar-refractivity contribution is 5.91. The quantitative estimate of drug-likeness (QED) is 0.316. The van der Waals surface area contributed by atoms with E-state index < -0.39 is 5.60 Å². The van der Waals surface area contributed by atoms with Gasteiger partial charge in [0.15, 0.2) is 0 Å². The number of β-amino-alcohol motifs (C(OH)–C–C–N with tert-alkyl or cyclic N) is 1. The lowest BCUT2D eigenvalue weighted by molar-refractivity contribution is 0.0512. The van der Waals surface area contributed by atoms with Gasteiger partial charge >= 0.3 is 0 Å². The van der Waals surface area contributed by atoms with E-state index in [0.717, 1.165) is 39.2 Å². The zero-order chi connectivity index (χ0) is 25.0. The number of para-hydroxylation sites is 1. The minimum Gasteiger partial charge on any atom is -0.457 e. The monoisotopic (exact) mass is 480 g/mol. The van der Waals surface area contributed by atoms with Gasteiger partial charge < -0.3 is 25.6 Å². The Morgan fingerprint density at radius 2 is 1.97 bits per heavy atom. The van der Waals surface area contributed by atoms with Gasteiger partial charge in [-0.25, -0.2) is 9.97 Å². The summed E-state index contributed by atoms with van der Waals surface area (Å²) in [7, 11) is 0. The number of benzene rings is 3. The molecule has 4 aromatic rings. The maximum Gasteiger partial charge on any atom is 0.141 e. The molecule has 2 atom stereocenters. The van der Waals surface area contributed by atoms with Crippen molar-refractivity contribution in [3.05, 3.63) is 84.2 Å². The fourth-order valence-corrected chi connectivity index (χ4v) is 4.20. The van der Waals surface area contributed by atoms with Crippen LogP contribution in [0.1, 0.15) is 24.0 Å². The Bertz CT molecular complexity index is 1420. The molecule has 36 heavy (non-hydrogen) atoms. The van der Waals surface area contributed by atoms with Crippen molar-refractivity contribution in [3.63, 3.8) is 0 Å². The number of ether oxygens (including phenoxy) is 1. The molecule has 3 aromatic carbocycles. The Kier molecular flexibility index (Phi) is 6.83. The zero-order valence-electron chi connectivity index (χ0n) is 20.0. The predicted octanol–water partition coefficient (Wildman–Crippen LogP) is 4.30. The second-order valence-electron chi connectivity index (χ2n) is 9.06. The second kappa shape index (κ2) is 10.3. The summed E-state index contributed by atoms with van der Waals surface area (Å²) >= 11 is 0. The molecule has 7 heteroatoms. The first kappa shape index (κ1) is 23.8. The number of aromatic nitrogens is 2. The van der Waals surface area contributed by atoms with Crippen molar-refractivity contribution in [2.24, 2.45) is 0 Å². The topological polar surface area (TPSA) is 99.5 Å². The number of aliphatic hydroxyl groups is 2. The van der Waals surface area contributed by atoms with Crippen LogP contribution in [0.25, 0.3) is 10.9 Å². The van der Waals surface area contributed by atoms with Gasteiger partial charge in [-0.2, -0.15) is 0 Å². The molecule has 2 unspecified atom stereocenters. The van der Waals surface area contributed by atoms with Gasteiger partial charge in [0, 0.05) is 29.2 Å². The van der Waals surface area contributed by atoms with E-state index in [-0.39, 0.29) is 12.6 Å². The lowest BCUT2D eigenvalue weighted by Crippen LogP contribution is -2.50. The first-order valence-corrected chi connectivity index (χ1v) is 12.0. The molecule has 1 fully saturated rings. The van der Waals surface area contributed by atoms with Crippen LogP contribution in [-0.4, -0.2) is 45.0 Å². The van der Waals surface area contributed by atoms with Crippen LogP contribution in [0, 0.1) is 18.8 Å². The number of rotatable bonds is 5. The molecular weight excluding hydrogens is 452 g/mol. The molecule has 7 nitrogen and oxygen atoms in total. The fraction of sp³-hybridized carbons (Fsp3) is 0.241. The van der Waals surface area contributed by atoms with Gasteiger partial charge in [0.05, 0.1) is 12.1 Å². The minimum absolute atomic E-state index is 0.0149. The van der Waals surface area contributed by atoms with Crippen molar-refractivity contribution < 1.29 is 14.9 Å². The minimum atomic E-state index is -1.12. The first-order valence-electron chi connectivity index (χ1n) is 12.0. The third kappa shape index (κ3) is 5.47. The number of fused-ring (bicyclic) bond motifs is 1. The molecule has 1 aromatic heterocycles. The van der Waals surface area contributed by atoms with Gasteiger partial charge in [0.2, 0.25) is 0 Å². The third-order valence-corrected chi connectivity index (χ3v) is 6.29. The van der Waals surface area contributed by atoms with E-state index in [4.69, 9.17) is 4.74 Å². The van der Waals surface area contributed by atoms with Crippen molar-refractivity contribution in [2.45, 2.75) is 31.4 Å². The summed E-state index contributed by atoms with van der Waals surface area (Å²) in [6.45, 7) is 2.40. The van der Waals surface area contributed by atoms with E-state index in [0.29, 0.717) is 25.2 Å². The van der Waals surface area contributed by atoms with Crippen molar-refractivity contribution in [3.8, 4) is 23.3 Å². The summed E-state index contributed by atoms with van der Waals surface area (Å²) in [5, 5.41) is 27.4. The molecule has 1 saturated heterocycles. The Morgan fingerprint density at radius 1 is 1.11 bits per heavy atom. The molecule has 0 saturated carbocycles. The summed E-state index contributed by atoms with van der Waals surface area (Å²) < 4.78 is 5.99. The van der Waals surface area contributed by atoms with Gasteiger partial charge in [0.25, 0.3) is 0 Å². The lowest BCUT2D eigenvalue weighted by atomic mass is 9.91. The Morgan fingerprint density at radius 3 is 2.72 bits per heavy atom. The molecule has 0 spiro atoms. The average molecular weight is 481 g/mol. The van der Waals surface area contributed by atoms with Gasteiger partial charge in [-0.15, -0.1) is 0 Å². The SMILES string of the molecule is Cc1cc(Nc2ncnc3ccc(C#CC4(O)CCC(CO)NC4)cc23)ccc1Oc1ccccc1. The highest BCUT2D eigenvalue weighted by Gasteiger charge is 2.30. The largest absolute Gasteiger partial charge is 0.457 e. The average Bonchev–Trinajstić information content (AvgIpc) is 2.90. The van der Waals surface area contributed by atoms with E-state index in [1.54, 1.807) is 0 Å². The molecule has 0 radical (unpaired) electrons. The molecular formula is C29H28N4O3. The van der Waals surface area contributed by atoms with Gasteiger partial charge in [-0.1, -0.05) is 30.0 Å². The molecule has 0 bridgehead atoms. The van der Waals surface area contributed by atoms with Crippen LogP contribution in [0.3, 0.4) is 0 Å². The Labute approximate surface area is 210 Å². The fourth-order valence-electron chi connectivity index (χ4n) is 4.20. The first-order chi connectivity index (χ1) is 17.5. The van der Waals surface area contributed by atoms with Crippen LogP contribution >= 0.6 is 0 Å². The summed E-state index contributed by atoms with van der Waals surface area (Å²) in [5.41, 5.74) is 2.32. The van der Waals surface area contributed by atoms with Gasteiger partial charge in [0.1, 0.15) is 29.2 Å². The van der Waals surface area contributed by atoms with E-state index in [2.05, 4.69) is 32.4 Å². The number of anilines is 2. The van der Waals surface area contributed by atoms with Gasteiger partial charge in [-0.05, 0) is 73.9 Å². The van der Waals surface area contributed by atoms with Crippen LogP contribution in [0.4, 0.5) is 11.5 Å². The maximum absolute atomic E-state index is 10.8. The second-order valence-corrected chi connectivity index (χ2v) is 9.06. The van der Waals surface area contributed by atoms with Crippen LogP contribution < -0.4 is 15.4 Å². The van der Waals surface area contributed by atoms with E-state index >= 15 is 0 Å². The zero-order valence-corrected chi connectivity index (χ0v) is 20.0. The number of nitrogens with zero attached hydrogens (tertiary/aromatic N) is 2. The Hall–Kier alpha value is -3.96. The smallest absolute Gasteiger partial charge is 0.141 e. The summed E-state index contributed by atoms with van der Waals surface area (Å²) in [5.74, 6) is 8.37. The van der Waals surface area contributed by atoms with E-state index in [1.807, 2.05) is 73.7 Å². The van der Waals surface area contributed by atoms with Crippen LogP contribution in [0.2, 0.25) is 0 Å². The molecule has 2 heterocycles. The lowest BCUT2D eigenvalue weighted by Gasteiger charge is -2.32. The molecule has 4 N–H and O–H groups in total. The maximum atomic E-state index is 10.8. The number of aliphatic hydroxyl groups excluding tert-OH is 1. The highest BCUT2D eigenvalue weighted by Crippen LogP contribution is 2.30. The Balaban J connectivity index is 1.36. The van der Waals surface area contributed by atoms with Crippen molar-refractivity contribution in [1.29, 1.82) is 0 Å². The van der Waals surface area contributed by atoms with Crippen LogP contribution in [-0.2, 0) is 0 Å². The normalized spacial score (nSPS) is 19.4. The van der Waals surface area contributed by atoms with Crippen molar-refractivity contribution >= 4 is 22.4 Å². The van der Waals surface area contributed by atoms with Crippen LogP contribution in [0.15, 0.2) is 73.1 Å². The van der Waals surface area contributed by atoms with Gasteiger partial charge in [-0.3, -0.25) is 0 Å². The third-order valence-electron chi connectivity index (χ3n) is 6.29. The standard InChI is InChI=1S/C29H28N4O3/c1-20-15-22(8-10-27(20)36-24-5-3-2-4-6-24)33-28-25-16-21(7-9-26(25)31-19-32-28)11-13-29(35)14-12-23(17-34)30-18-29/h2-10,15-16,19,23,30,34-35H,12,14,17-18H2,1H3,(H,31,32,33). The van der Waals surface area contributed by atoms with E-state index in [1.165, 1.54) is 6.33 Å². The van der Waals surface area contributed by atoms with Crippen LogP contribution in [0.5, 0.6) is 11.5 Å². The molecule has 0 amide bonds. The number of nitrogens with one attached hydrogen (secondary N) is 2. The van der Waals surface area contributed by atoms with E-state index in [9.17, 15) is 10.2 Å². The number of hydrogen-bond acceptors (Lipinski definition) is 7. The van der Waals surface area contributed by atoms with Crippen molar-refractivity contribution in [2.75, 3.05) is 18.5 Å². The summed E-state index contributed by atoms with van der Waals surface area (Å²) in [6.07, 6.45) is 2.73. The molecule has 0 aliphatic carbocycles. The molecule has 182 valence electrons. The number of piperidine rings is 1. The molecule has 1 aliphatic rings. The highest BCUT2D eigenvalue weighted by atomic mass is 16.5. The summed E-state index contributed by atoms with van der Waals surface area (Å²) in [6, 6.07) is 21.3. The molecule has 5 rings (SSSR count). The summed E-state index contributed by atoms with van der Waals surface area (Å²) in [4.78, 5) is 8.84. The number of hydrogen-bond donors (Lipinski definition) is 4. The molecule has 1 aliphatic heterocycles. The van der Waals surface area contributed by atoms with Crippen molar-refractivity contribution in [1.82, 2.24) is 15.3 Å². The predicted molar refractivity (Wildman–Crippen MR) is 140 cm³/mol.